The van der Waals surface area contributed by atoms with Crippen molar-refractivity contribution in [1.29, 1.82) is 0 Å². The highest BCUT2D eigenvalue weighted by Crippen LogP contribution is 2.41. The first-order valence-corrected chi connectivity index (χ1v) is 20.3. The van der Waals surface area contributed by atoms with Crippen LogP contribution in [0.5, 0.6) is 23.1 Å². The van der Waals surface area contributed by atoms with Crippen molar-refractivity contribution in [3.8, 4) is 23.1 Å². The van der Waals surface area contributed by atoms with Crippen LogP contribution in [0.4, 0.5) is 0 Å². The van der Waals surface area contributed by atoms with Crippen molar-refractivity contribution in [2.45, 2.75) is 57.2 Å². The molecule has 282 valence electrons. The molecular formula is C44H46N6O4S. The lowest BCUT2D eigenvalue weighted by Gasteiger charge is -2.38. The van der Waals surface area contributed by atoms with Gasteiger partial charge in [0.1, 0.15) is 22.8 Å². The predicted octanol–water partition coefficient (Wildman–Crippen LogP) is 7.42. The summed E-state index contributed by atoms with van der Waals surface area (Å²) in [6.45, 7) is 4.47. The average molecular weight is 755 g/mol. The largest absolute Gasteiger partial charge is 0.456 e. The van der Waals surface area contributed by atoms with Crippen molar-refractivity contribution >= 4 is 23.6 Å². The summed E-state index contributed by atoms with van der Waals surface area (Å²) in [5, 5.41) is 0. The monoisotopic (exact) mass is 754 g/mol. The van der Waals surface area contributed by atoms with Crippen LogP contribution in [0, 0.1) is 0 Å². The second kappa shape index (κ2) is 16.6. The minimum Gasteiger partial charge on any atom is -0.456 e. The Morgan fingerprint density at radius 3 is 2.15 bits per heavy atom. The van der Waals surface area contributed by atoms with E-state index in [4.69, 9.17) is 20.9 Å². The number of hydrogen-bond donors (Lipinski definition) is 2. The molecule has 4 N–H and O–H groups in total. The van der Waals surface area contributed by atoms with E-state index in [2.05, 4.69) is 68.3 Å². The molecule has 0 spiro atoms. The summed E-state index contributed by atoms with van der Waals surface area (Å²) in [4.78, 5) is 36.1. The van der Waals surface area contributed by atoms with E-state index in [1.54, 1.807) is 24.4 Å². The molecule has 5 aromatic rings. The van der Waals surface area contributed by atoms with Gasteiger partial charge >= 0.3 is 0 Å². The van der Waals surface area contributed by atoms with Crippen molar-refractivity contribution in [2.75, 3.05) is 31.1 Å². The molecule has 2 unspecified atom stereocenters. The Kier molecular flexibility index (Phi) is 11.1. The number of hydrogen-bond acceptors (Lipinski definition) is 9. The van der Waals surface area contributed by atoms with Crippen LogP contribution in [0.1, 0.15) is 85.4 Å². The van der Waals surface area contributed by atoms with Crippen LogP contribution < -0.4 is 20.9 Å². The fourth-order valence-corrected chi connectivity index (χ4v) is 9.32. The van der Waals surface area contributed by atoms with Crippen molar-refractivity contribution in [2.24, 2.45) is 11.5 Å². The first-order valence-electron chi connectivity index (χ1n) is 19.1. The zero-order valence-corrected chi connectivity index (χ0v) is 31.7. The Morgan fingerprint density at radius 2 is 1.42 bits per heavy atom. The van der Waals surface area contributed by atoms with Crippen LogP contribution in [-0.4, -0.2) is 62.7 Å². The van der Waals surface area contributed by atoms with Gasteiger partial charge in [0.25, 0.3) is 5.91 Å². The Bertz CT molecular complexity index is 2170. The number of fused-ring (bicyclic) bond motifs is 3. The van der Waals surface area contributed by atoms with E-state index in [0.29, 0.717) is 34.8 Å². The van der Waals surface area contributed by atoms with Gasteiger partial charge in [-0.2, -0.15) is 11.8 Å². The molecule has 1 saturated heterocycles. The summed E-state index contributed by atoms with van der Waals surface area (Å²) in [7, 11) is 0. The Labute approximate surface area is 326 Å². The smallest absolute Gasteiger partial charge is 0.254 e. The summed E-state index contributed by atoms with van der Waals surface area (Å²) >= 11 is 2.05. The number of ether oxygens (including phenoxy) is 2. The van der Waals surface area contributed by atoms with E-state index < -0.39 is 11.8 Å². The van der Waals surface area contributed by atoms with Gasteiger partial charge in [-0.05, 0) is 108 Å². The number of pyridine rings is 2. The third kappa shape index (κ3) is 8.39. The van der Waals surface area contributed by atoms with Gasteiger partial charge in [-0.25, -0.2) is 4.98 Å². The van der Waals surface area contributed by atoms with E-state index in [1.165, 1.54) is 83.2 Å². The van der Waals surface area contributed by atoms with Gasteiger partial charge in [-0.1, -0.05) is 36.4 Å². The standard InChI is InChI=1S/C24H23N3O2.C20H23N3O2S/c25-24(28)18-6-10-23(26-14-18)29-20-7-8-21-17(13-20)5-9-22(21)27-12-11-16-3-1-2-4-19(16)15-27;21-20(24)17-13-22-7-6-19(17)25-15-4-5-16-14(12-15)2-1-3-18(16)23-8-10-26-11-9-23/h1-4,6-8,10,13-14,22H,5,9,11-12,15H2,(H2,25,28);4-7,12-13,18H,1-3,8-11H2,(H2,21,24). The number of rotatable bonds is 8. The van der Waals surface area contributed by atoms with E-state index in [0.717, 1.165) is 50.3 Å². The molecular weight excluding hydrogens is 709 g/mol. The number of benzene rings is 3. The molecule has 2 aromatic heterocycles. The third-order valence-electron chi connectivity index (χ3n) is 11.2. The number of aryl methyl sites for hydroxylation is 2. The van der Waals surface area contributed by atoms with Crippen molar-refractivity contribution in [1.82, 2.24) is 19.8 Å². The maximum Gasteiger partial charge on any atom is 0.254 e. The van der Waals surface area contributed by atoms with Gasteiger partial charge in [-0.3, -0.25) is 24.4 Å². The molecule has 4 heterocycles. The van der Waals surface area contributed by atoms with E-state index >= 15 is 0 Å². The molecule has 55 heavy (non-hydrogen) atoms. The van der Waals surface area contributed by atoms with Gasteiger partial charge in [0.15, 0.2) is 0 Å². The number of nitrogens with zero attached hydrogens (tertiary/aromatic N) is 4. The number of carbonyl (C=O) groups excluding carboxylic acids is 2. The van der Waals surface area contributed by atoms with Crippen molar-refractivity contribution < 1.29 is 19.1 Å². The minimum atomic E-state index is -0.533. The zero-order chi connectivity index (χ0) is 37.7. The number of carbonyl (C=O) groups is 2. The number of thioether (sulfide) groups is 1. The summed E-state index contributed by atoms with van der Waals surface area (Å²) in [6, 6.07) is 27.4. The highest BCUT2D eigenvalue weighted by molar-refractivity contribution is 7.99. The lowest BCUT2D eigenvalue weighted by Crippen LogP contribution is -2.37. The highest BCUT2D eigenvalue weighted by Gasteiger charge is 2.31. The average Bonchev–Trinajstić information content (AvgIpc) is 3.64. The van der Waals surface area contributed by atoms with Crippen LogP contribution in [-0.2, 0) is 25.8 Å². The topological polar surface area (TPSA) is 137 Å². The quantitative estimate of drug-likeness (QED) is 0.166. The fourth-order valence-electron chi connectivity index (χ4n) is 8.38. The zero-order valence-electron chi connectivity index (χ0n) is 30.9. The normalized spacial score (nSPS) is 19.2. The molecule has 10 nitrogen and oxygen atoms in total. The van der Waals surface area contributed by atoms with Crippen LogP contribution in [0.25, 0.3) is 0 Å². The third-order valence-corrected chi connectivity index (χ3v) is 12.1. The maximum atomic E-state index is 11.6. The molecule has 1 fully saturated rings. The lowest BCUT2D eigenvalue weighted by molar-refractivity contribution is 0.0990. The summed E-state index contributed by atoms with van der Waals surface area (Å²) in [5.74, 6) is 3.85. The Morgan fingerprint density at radius 1 is 0.691 bits per heavy atom. The molecule has 4 aliphatic rings. The fraction of sp³-hybridized carbons (Fsp3) is 0.318. The van der Waals surface area contributed by atoms with E-state index in [-0.39, 0.29) is 0 Å². The molecule has 3 aromatic carbocycles. The maximum absolute atomic E-state index is 11.6. The molecule has 11 heteroatoms. The van der Waals surface area contributed by atoms with Crippen LogP contribution in [0.15, 0.2) is 97.5 Å². The van der Waals surface area contributed by atoms with Gasteiger partial charge < -0.3 is 20.9 Å². The number of aromatic nitrogens is 2. The summed E-state index contributed by atoms with van der Waals surface area (Å²) in [5.41, 5.74) is 19.8. The predicted molar refractivity (Wildman–Crippen MR) is 215 cm³/mol. The summed E-state index contributed by atoms with van der Waals surface area (Å²) in [6.07, 6.45) is 11.3. The Balaban J connectivity index is 0.000000156. The van der Waals surface area contributed by atoms with Crippen molar-refractivity contribution in [3.63, 3.8) is 0 Å². The Hall–Kier alpha value is -5.23. The molecule has 0 saturated carbocycles. The first kappa shape index (κ1) is 36.7. The number of primary amides is 2. The van der Waals surface area contributed by atoms with Crippen molar-refractivity contribution in [3.05, 3.63) is 142 Å². The van der Waals surface area contributed by atoms with Gasteiger partial charge in [0, 0.05) is 74.4 Å². The van der Waals surface area contributed by atoms with E-state index in [1.807, 2.05) is 23.9 Å². The SMILES string of the molecule is NC(=O)c1ccc(Oc2ccc3c(c2)CCC3N2CCc3ccccc3C2)nc1.NC(=O)c1cnccc1Oc1ccc2c(c1)CCCC2N1CCSCC1. The first-order chi connectivity index (χ1) is 26.9. The second-order valence-electron chi connectivity index (χ2n) is 14.5. The summed E-state index contributed by atoms with van der Waals surface area (Å²) < 4.78 is 11.8. The number of nitrogens with two attached hydrogens (primary N) is 2. The second-order valence-corrected chi connectivity index (χ2v) is 15.7. The minimum absolute atomic E-state index is 0.300. The molecule has 2 aliphatic carbocycles. The highest BCUT2D eigenvalue weighted by atomic mass is 32.2. The molecule has 0 radical (unpaired) electrons. The lowest BCUT2D eigenvalue weighted by atomic mass is 9.86. The molecule has 9 rings (SSSR count). The number of amides is 2. The van der Waals surface area contributed by atoms with Crippen LogP contribution >= 0.6 is 11.8 Å². The molecule has 2 amide bonds. The van der Waals surface area contributed by atoms with E-state index in [9.17, 15) is 9.59 Å². The van der Waals surface area contributed by atoms with Crippen LogP contribution in [0.2, 0.25) is 0 Å². The molecule has 2 atom stereocenters. The van der Waals surface area contributed by atoms with Crippen LogP contribution in [0.3, 0.4) is 0 Å². The molecule has 0 bridgehead atoms. The molecule has 2 aliphatic heterocycles. The van der Waals surface area contributed by atoms with Gasteiger partial charge in [0.05, 0.1) is 5.56 Å². The van der Waals surface area contributed by atoms with Gasteiger partial charge in [-0.15, -0.1) is 0 Å². The van der Waals surface area contributed by atoms with Gasteiger partial charge in [0.2, 0.25) is 11.8 Å².